The molecule has 8 heteroatoms. The molecule has 2 aromatic rings. The molecule has 8 nitrogen and oxygen atoms in total. The minimum absolute atomic E-state index is 0.139. The van der Waals surface area contributed by atoms with Crippen molar-refractivity contribution in [1.82, 2.24) is 20.2 Å². The molecule has 1 heterocycles. The molecule has 2 rings (SSSR count). The van der Waals surface area contributed by atoms with Gasteiger partial charge in [0.2, 0.25) is 0 Å². The van der Waals surface area contributed by atoms with E-state index >= 15 is 0 Å². The van der Waals surface area contributed by atoms with E-state index in [1.165, 1.54) is 16.8 Å². The topological polar surface area (TPSA) is 118 Å². The first-order chi connectivity index (χ1) is 8.49. The summed E-state index contributed by atoms with van der Waals surface area (Å²) in [4.78, 5) is 21.9. The van der Waals surface area contributed by atoms with Crippen molar-refractivity contribution in [3.63, 3.8) is 0 Å². The molecule has 92 valence electrons. The maximum absolute atomic E-state index is 10.9. The van der Waals surface area contributed by atoms with Gasteiger partial charge in [-0.05, 0) is 35.5 Å². The Balaban J connectivity index is 2.64. The molecule has 0 bridgehead atoms. The number of nitrogens with zero attached hydrogens (tertiary/aromatic N) is 4. The molecule has 1 aromatic carbocycles. The molecular weight excluding hydrogens is 240 g/mol. The highest BCUT2D eigenvalue weighted by Crippen LogP contribution is 2.15. The van der Waals surface area contributed by atoms with Gasteiger partial charge in [0, 0.05) is 0 Å². The number of benzene rings is 1. The highest BCUT2D eigenvalue weighted by molar-refractivity contribution is 5.94. The zero-order valence-electron chi connectivity index (χ0n) is 9.23. The van der Waals surface area contributed by atoms with Crippen LogP contribution in [0, 0.1) is 6.92 Å². The van der Waals surface area contributed by atoms with Crippen LogP contribution >= 0.6 is 0 Å². The number of carboxylic acid groups (broad SMARTS) is 2. The van der Waals surface area contributed by atoms with Crippen molar-refractivity contribution >= 4 is 11.9 Å². The van der Waals surface area contributed by atoms with E-state index in [4.69, 9.17) is 10.2 Å². The standard InChI is InChI=1S/C10H8N4O4/c1-5-11-12-13-14(5)8-3-6(9(15)16)2-7(4-8)10(17)18/h2-4H,1H3,(H,15,16)(H,17,18). The summed E-state index contributed by atoms with van der Waals surface area (Å²) in [5.41, 5.74) is 0.00870. The lowest BCUT2D eigenvalue weighted by molar-refractivity contribution is 0.0696. The fourth-order valence-corrected chi connectivity index (χ4v) is 1.45. The fourth-order valence-electron chi connectivity index (χ4n) is 1.45. The van der Waals surface area contributed by atoms with Gasteiger partial charge in [-0.1, -0.05) is 0 Å². The molecule has 0 atom stereocenters. The molecular formula is C10H8N4O4. The molecule has 1 aromatic heterocycles. The Hall–Kier alpha value is -2.77. The molecule has 0 aliphatic heterocycles. The van der Waals surface area contributed by atoms with Gasteiger partial charge in [0.25, 0.3) is 0 Å². The van der Waals surface area contributed by atoms with Crippen molar-refractivity contribution in [3.05, 3.63) is 35.2 Å². The smallest absolute Gasteiger partial charge is 0.335 e. The number of aromatic nitrogens is 4. The number of hydrogen-bond donors (Lipinski definition) is 2. The summed E-state index contributed by atoms with van der Waals surface area (Å²) in [6.07, 6.45) is 0. The Morgan fingerprint density at radius 2 is 1.67 bits per heavy atom. The SMILES string of the molecule is Cc1nnnn1-c1cc(C(=O)O)cc(C(=O)O)c1. The minimum Gasteiger partial charge on any atom is -0.478 e. The molecule has 0 amide bonds. The number of hydrogen-bond acceptors (Lipinski definition) is 5. The average molecular weight is 248 g/mol. The van der Waals surface area contributed by atoms with Crippen LogP contribution in [0.25, 0.3) is 5.69 Å². The lowest BCUT2D eigenvalue weighted by Gasteiger charge is -2.05. The summed E-state index contributed by atoms with van der Waals surface area (Å²) < 4.78 is 1.26. The number of rotatable bonds is 3. The molecule has 0 saturated heterocycles. The summed E-state index contributed by atoms with van der Waals surface area (Å²) in [5, 5.41) is 28.6. The van der Waals surface area contributed by atoms with Crippen molar-refractivity contribution in [2.45, 2.75) is 6.92 Å². The fraction of sp³-hybridized carbons (Fsp3) is 0.100. The normalized spacial score (nSPS) is 10.3. The van der Waals surface area contributed by atoms with E-state index in [2.05, 4.69) is 15.5 Å². The molecule has 0 aliphatic rings. The zero-order chi connectivity index (χ0) is 13.3. The lowest BCUT2D eigenvalue weighted by atomic mass is 10.1. The molecule has 0 radical (unpaired) electrons. The second-order valence-electron chi connectivity index (χ2n) is 3.52. The third kappa shape index (κ3) is 2.03. The van der Waals surface area contributed by atoms with Crippen LogP contribution in [0.2, 0.25) is 0 Å². The minimum atomic E-state index is -1.22. The molecule has 0 aliphatic carbocycles. The van der Waals surface area contributed by atoms with E-state index in [-0.39, 0.29) is 16.8 Å². The Morgan fingerprint density at radius 1 is 1.11 bits per heavy atom. The highest BCUT2D eigenvalue weighted by Gasteiger charge is 2.14. The van der Waals surface area contributed by atoms with Gasteiger partial charge < -0.3 is 10.2 Å². The maximum atomic E-state index is 10.9. The van der Waals surface area contributed by atoms with Crippen molar-refractivity contribution in [1.29, 1.82) is 0 Å². The van der Waals surface area contributed by atoms with E-state index in [9.17, 15) is 9.59 Å². The number of tetrazole rings is 1. The summed E-state index contributed by atoms with van der Waals surface area (Å²) >= 11 is 0. The maximum Gasteiger partial charge on any atom is 0.335 e. The van der Waals surface area contributed by atoms with Crippen molar-refractivity contribution in [2.75, 3.05) is 0 Å². The second kappa shape index (κ2) is 4.24. The molecule has 18 heavy (non-hydrogen) atoms. The summed E-state index contributed by atoms with van der Waals surface area (Å²) in [6.45, 7) is 1.62. The van der Waals surface area contributed by atoms with Gasteiger partial charge in [-0.25, -0.2) is 9.59 Å². The van der Waals surface area contributed by atoms with Crippen molar-refractivity contribution < 1.29 is 19.8 Å². The Morgan fingerprint density at radius 3 is 2.06 bits per heavy atom. The molecule has 2 N–H and O–H groups in total. The van der Waals surface area contributed by atoms with Crippen molar-refractivity contribution in [2.24, 2.45) is 0 Å². The van der Waals surface area contributed by atoms with Crippen LogP contribution in [0.15, 0.2) is 18.2 Å². The Bertz CT molecular complexity index is 602. The van der Waals surface area contributed by atoms with Crippen LogP contribution in [0.5, 0.6) is 0 Å². The summed E-state index contributed by atoms with van der Waals surface area (Å²) in [7, 11) is 0. The average Bonchev–Trinajstić information content (AvgIpc) is 2.74. The van der Waals surface area contributed by atoms with E-state index in [0.717, 1.165) is 6.07 Å². The summed E-state index contributed by atoms with van der Waals surface area (Å²) in [6, 6.07) is 3.68. The van der Waals surface area contributed by atoms with Gasteiger partial charge in [-0.15, -0.1) is 5.10 Å². The number of aromatic carboxylic acids is 2. The van der Waals surface area contributed by atoms with E-state index < -0.39 is 11.9 Å². The van der Waals surface area contributed by atoms with Gasteiger partial charge in [0.05, 0.1) is 16.8 Å². The van der Waals surface area contributed by atoms with Gasteiger partial charge in [-0.3, -0.25) is 0 Å². The highest BCUT2D eigenvalue weighted by atomic mass is 16.4. The van der Waals surface area contributed by atoms with E-state index in [1.807, 2.05) is 0 Å². The molecule has 0 saturated carbocycles. The monoisotopic (exact) mass is 248 g/mol. The van der Waals surface area contributed by atoms with Gasteiger partial charge in [0.15, 0.2) is 5.82 Å². The van der Waals surface area contributed by atoms with Crippen LogP contribution in [0.3, 0.4) is 0 Å². The molecule has 0 spiro atoms. The van der Waals surface area contributed by atoms with Crippen LogP contribution in [-0.4, -0.2) is 42.4 Å². The van der Waals surface area contributed by atoms with E-state index in [1.54, 1.807) is 6.92 Å². The largest absolute Gasteiger partial charge is 0.478 e. The molecule has 0 unspecified atom stereocenters. The van der Waals surface area contributed by atoms with Gasteiger partial charge >= 0.3 is 11.9 Å². The van der Waals surface area contributed by atoms with Crippen LogP contribution in [-0.2, 0) is 0 Å². The third-order valence-electron chi connectivity index (χ3n) is 2.28. The van der Waals surface area contributed by atoms with Gasteiger partial charge in [0.1, 0.15) is 0 Å². The lowest BCUT2D eigenvalue weighted by Crippen LogP contribution is -2.07. The third-order valence-corrected chi connectivity index (χ3v) is 2.28. The van der Waals surface area contributed by atoms with Crippen LogP contribution in [0.4, 0.5) is 0 Å². The first-order valence-electron chi connectivity index (χ1n) is 4.86. The van der Waals surface area contributed by atoms with Crippen LogP contribution < -0.4 is 0 Å². The summed E-state index contributed by atoms with van der Waals surface area (Å²) in [5.74, 6) is -2.01. The second-order valence-corrected chi connectivity index (χ2v) is 3.52. The van der Waals surface area contributed by atoms with E-state index in [0.29, 0.717) is 5.82 Å². The number of aryl methyl sites for hydroxylation is 1. The first-order valence-corrected chi connectivity index (χ1v) is 4.86. The number of carboxylic acids is 2. The van der Waals surface area contributed by atoms with Crippen molar-refractivity contribution in [3.8, 4) is 5.69 Å². The number of carbonyl (C=O) groups is 2. The Labute approximate surface area is 100 Å². The predicted octanol–water partition coefficient (Wildman–Crippen LogP) is 0.367. The first kappa shape index (κ1) is 11.7. The van der Waals surface area contributed by atoms with Gasteiger partial charge in [-0.2, -0.15) is 4.68 Å². The Kier molecular flexibility index (Phi) is 2.76. The molecule has 0 fully saturated rings. The zero-order valence-corrected chi connectivity index (χ0v) is 9.23. The van der Waals surface area contributed by atoms with Crippen LogP contribution in [0.1, 0.15) is 26.5 Å². The predicted molar refractivity (Wildman–Crippen MR) is 57.8 cm³/mol. The quantitative estimate of drug-likeness (QED) is 0.805.